The zero-order valence-electron chi connectivity index (χ0n) is 22.3. The van der Waals surface area contributed by atoms with E-state index in [4.69, 9.17) is 9.72 Å². The van der Waals surface area contributed by atoms with Gasteiger partial charge in [0.1, 0.15) is 5.75 Å². The molecule has 2 aliphatic rings. The van der Waals surface area contributed by atoms with Crippen LogP contribution in [-0.4, -0.2) is 88.9 Å². The zero-order valence-corrected chi connectivity index (χ0v) is 22.3. The second kappa shape index (κ2) is 11.2. The minimum absolute atomic E-state index is 0.280. The first kappa shape index (κ1) is 25.7. The summed E-state index contributed by atoms with van der Waals surface area (Å²) in [6.45, 7) is 12.3. The highest BCUT2D eigenvalue weighted by Gasteiger charge is 2.21. The lowest BCUT2D eigenvalue weighted by atomic mass is 10.1. The number of amides is 1. The molecule has 38 heavy (non-hydrogen) atoms. The van der Waals surface area contributed by atoms with E-state index in [-0.39, 0.29) is 5.91 Å². The van der Waals surface area contributed by atoms with Gasteiger partial charge in [0.05, 0.1) is 30.4 Å². The number of hydrogen-bond acceptors (Lipinski definition) is 9. The molecule has 0 bridgehead atoms. The van der Waals surface area contributed by atoms with Gasteiger partial charge in [-0.15, -0.1) is 0 Å². The van der Waals surface area contributed by atoms with Crippen molar-refractivity contribution in [1.29, 1.82) is 0 Å². The van der Waals surface area contributed by atoms with E-state index in [0.29, 0.717) is 28.9 Å². The summed E-state index contributed by atoms with van der Waals surface area (Å²) in [4.78, 5) is 28.5. The van der Waals surface area contributed by atoms with Gasteiger partial charge in [-0.2, -0.15) is 10.1 Å². The number of aryl methyl sites for hydroxylation is 1. The lowest BCUT2D eigenvalue weighted by Crippen LogP contribution is -2.44. The predicted molar refractivity (Wildman–Crippen MR) is 149 cm³/mol. The summed E-state index contributed by atoms with van der Waals surface area (Å²) in [7, 11) is 3.73. The molecule has 0 unspecified atom stereocenters. The van der Waals surface area contributed by atoms with Crippen LogP contribution < -0.4 is 20.3 Å². The number of carbonyl (C=O) groups is 1. The Bertz CT molecular complexity index is 1310. The summed E-state index contributed by atoms with van der Waals surface area (Å²) in [5.74, 6) is 1.44. The Morgan fingerprint density at radius 2 is 1.92 bits per heavy atom. The molecule has 2 aliphatic heterocycles. The van der Waals surface area contributed by atoms with Crippen LogP contribution in [0.1, 0.15) is 17.5 Å². The van der Waals surface area contributed by atoms with Crippen LogP contribution in [0.2, 0.25) is 0 Å². The van der Waals surface area contributed by atoms with Crippen LogP contribution in [0.25, 0.3) is 5.82 Å². The average Bonchev–Trinajstić information content (AvgIpc) is 3.36. The van der Waals surface area contributed by atoms with Crippen molar-refractivity contribution in [3.8, 4) is 11.6 Å². The summed E-state index contributed by atoms with van der Waals surface area (Å²) in [5.41, 5.74) is 4.26. The van der Waals surface area contributed by atoms with Gasteiger partial charge in [0.15, 0.2) is 5.82 Å². The van der Waals surface area contributed by atoms with Crippen LogP contribution in [-0.2, 0) is 11.3 Å². The van der Waals surface area contributed by atoms with Gasteiger partial charge >= 0.3 is 0 Å². The number of carbonyl (C=O) groups excluding carboxylic acids is 1. The van der Waals surface area contributed by atoms with Crippen LogP contribution >= 0.6 is 0 Å². The molecule has 11 nitrogen and oxygen atoms in total. The normalized spacial score (nSPS) is 16.1. The van der Waals surface area contributed by atoms with Gasteiger partial charge in [-0.3, -0.25) is 9.69 Å². The maximum atomic E-state index is 12.3. The second-order valence-corrected chi connectivity index (χ2v) is 9.80. The van der Waals surface area contributed by atoms with Gasteiger partial charge in [0.25, 0.3) is 0 Å². The van der Waals surface area contributed by atoms with E-state index >= 15 is 0 Å². The Kier molecular flexibility index (Phi) is 7.57. The van der Waals surface area contributed by atoms with E-state index in [0.717, 1.165) is 62.6 Å². The van der Waals surface area contributed by atoms with Crippen molar-refractivity contribution in [3.63, 3.8) is 0 Å². The molecular weight excluding hydrogens is 482 g/mol. The number of piperazine rings is 1. The predicted octanol–water partition coefficient (Wildman–Crippen LogP) is 2.80. The van der Waals surface area contributed by atoms with Crippen LogP contribution in [0, 0.1) is 6.92 Å². The number of benzene rings is 1. The van der Waals surface area contributed by atoms with Gasteiger partial charge in [-0.25, -0.2) is 9.67 Å². The largest absolute Gasteiger partial charge is 0.494 e. The molecule has 3 aromatic rings. The molecule has 0 radical (unpaired) electrons. The minimum atomic E-state index is -0.280. The van der Waals surface area contributed by atoms with Gasteiger partial charge in [0, 0.05) is 62.3 Å². The number of aromatic nitrogens is 4. The number of hydrogen-bond donors (Lipinski definition) is 2. The van der Waals surface area contributed by atoms with Gasteiger partial charge in [-0.05, 0) is 45.6 Å². The summed E-state index contributed by atoms with van der Waals surface area (Å²) in [6.07, 6.45) is 8.20. The van der Waals surface area contributed by atoms with E-state index in [1.54, 1.807) is 18.0 Å². The maximum absolute atomic E-state index is 12.3. The first-order valence-electron chi connectivity index (χ1n) is 12.9. The number of ether oxygens (including phenoxy) is 1. The third-order valence-corrected chi connectivity index (χ3v) is 7.00. The van der Waals surface area contributed by atoms with E-state index in [9.17, 15) is 4.79 Å². The third kappa shape index (κ3) is 5.63. The highest BCUT2D eigenvalue weighted by Crippen LogP contribution is 2.38. The summed E-state index contributed by atoms with van der Waals surface area (Å²) in [5, 5.41) is 10.8. The number of nitrogens with zero attached hydrogens (tertiary/aromatic N) is 7. The number of likely N-dealkylation sites (tertiary alicyclic amines) is 1. The Labute approximate surface area is 223 Å². The Hall–Kier alpha value is -3.96. The zero-order chi connectivity index (χ0) is 26.6. The molecule has 200 valence electrons. The first-order valence-corrected chi connectivity index (χ1v) is 12.9. The van der Waals surface area contributed by atoms with Crippen LogP contribution in [0.5, 0.6) is 5.75 Å². The fourth-order valence-corrected chi connectivity index (χ4v) is 4.63. The Morgan fingerprint density at radius 1 is 1.13 bits per heavy atom. The molecule has 0 spiro atoms. The number of anilines is 4. The van der Waals surface area contributed by atoms with Crippen molar-refractivity contribution in [2.75, 3.05) is 69.0 Å². The molecule has 1 aromatic carbocycles. The number of nitrogens with one attached hydrogen (secondary N) is 2. The quantitative estimate of drug-likeness (QED) is 0.415. The molecule has 2 N–H and O–H groups in total. The Morgan fingerprint density at radius 3 is 2.61 bits per heavy atom. The lowest BCUT2D eigenvalue weighted by molar-refractivity contribution is -0.111. The summed E-state index contributed by atoms with van der Waals surface area (Å²) >= 11 is 0. The lowest BCUT2D eigenvalue weighted by Gasteiger charge is -2.35. The highest BCUT2D eigenvalue weighted by molar-refractivity contribution is 6.02. The highest BCUT2D eigenvalue weighted by atomic mass is 16.5. The van der Waals surface area contributed by atoms with E-state index < -0.39 is 0 Å². The summed E-state index contributed by atoms with van der Waals surface area (Å²) < 4.78 is 7.53. The molecule has 4 heterocycles. The van der Waals surface area contributed by atoms with Crippen LogP contribution in [0.15, 0.2) is 43.4 Å². The molecular formula is C27H35N9O2. The van der Waals surface area contributed by atoms with Crippen LogP contribution in [0.3, 0.4) is 0 Å². The van der Waals surface area contributed by atoms with Crippen molar-refractivity contribution in [2.24, 2.45) is 0 Å². The fraction of sp³-hybridized carbons (Fsp3) is 0.407. The van der Waals surface area contributed by atoms with E-state index in [2.05, 4.69) is 49.0 Å². The van der Waals surface area contributed by atoms with E-state index in [1.807, 2.05) is 31.5 Å². The number of rotatable bonds is 9. The van der Waals surface area contributed by atoms with Crippen molar-refractivity contribution >= 4 is 28.9 Å². The smallest absolute Gasteiger partial charge is 0.247 e. The second-order valence-electron chi connectivity index (χ2n) is 9.80. The van der Waals surface area contributed by atoms with Crippen molar-refractivity contribution in [2.45, 2.75) is 19.9 Å². The molecule has 2 saturated heterocycles. The fourth-order valence-electron chi connectivity index (χ4n) is 4.63. The monoisotopic (exact) mass is 517 g/mol. The number of likely N-dealkylation sites (N-methyl/N-ethyl adjacent to an activating group) is 1. The Balaban J connectivity index is 1.43. The minimum Gasteiger partial charge on any atom is -0.494 e. The first-order chi connectivity index (χ1) is 18.4. The maximum Gasteiger partial charge on any atom is 0.247 e. The van der Waals surface area contributed by atoms with Crippen molar-refractivity contribution in [3.05, 3.63) is 54.5 Å². The third-order valence-electron chi connectivity index (χ3n) is 7.00. The molecule has 0 aliphatic carbocycles. The van der Waals surface area contributed by atoms with Gasteiger partial charge in [0.2, 0.25) is 11.9 Å². The summed E-state index contributed by atoms with van der Waals surface area (Å²) in [6, 6.07) is 3.80. The van der Waals surface area contributed by atoms with Gasteiger partial charge in [-0.1, -0.05) is 6.58 Å². The number of methoxy groups -OCH3 is 1. The molecule has 11 heteroatoms. The molecule has 2 aromatic heterocycles. The molecule has 2 fully saturated rings. The average molecular weight is 518 g/mol. The van der Waals surface area contributed by atoms with Gasteiger partial charge < -0.3 is 25.2 Å². The standard InChI is InChI=1S/C27H35N9O2/c1-5-25(37)30-21-13-22(24(38-4)14-23(21)35-11-9-33(3)10-12-35)31-27-28-15-19(2)26(32-27)36-18-20(16-29-36)17-34-7-6-8-34/h5,13-16,18H,1,6-12,17H2,2-4H3,(H,30,37)(H,28,31,32). The molecule has 0 saturated carbocycles. The van der Waals surface area contributed by atoms with Crippen LogP contribution in [0.4, 0.5) is 23.0 Å². The molecule has 0 atom stereocenters. The molecule has 1 amide bonds. The SMILES string of the molecule is C=CC(=O)Nc1cc(Nc2ncc(C)c(-n3cc(CN4CCC4)cn3)n2)c(OC)cc1N1CCN(C)CC1. The van der Waals surface area contributed by atoms with E-state index in [1.165, 1.54) is 12.5 Å². The molecule has 5 rings (SSSR count). The van der Waals surface area contributed by atoms with Crippen molar-refractivity contribution in [1.82, 2.24) is 29.5 Å². The van der Waals surface area contributed by atoms with Crippen molar-refractivity contribution < 1.29 is 9.53 Å². The topological polar surface area (TPSA) is 104 Å².